The lowest BCUT2D eigenvalue weighted by Crippen LogP contribution is -2.55. The van der Waals surface area contributed by atoms with E-state index < -0.39 is 24.5 Å². The van der Waals surface area contributed by atoms with E-state index in [1.54, 1.807) is 17.8 Å². The summed E-state index contributed by atoms with van der Waals surface area (Å²) in [7, 11) is 0.928. The smallest absolute Gasteiger partial charge is 0.373 e. The molecule has 1 aromatic heterocycles. The fourth-order valence-corrected chi connectivity index (χ4v) is 1.93. The summed E-state index contributed by atoms with van der Waals surface area (Å²) in [5.74, 6) is -0.0889. The quantitative estimate of drug-likeness (QED) is 0.371. The topological polar surface area (TPSA) is 108 Å². The molecule has 1 fully saturated rings. The number of imide groups is 1. The maximum absolute atomic E-state index is 12.0. The van der Waals surface area contributed by atoms with Gasteiger partial charge in [-0.05, 0) is 6.82 Å². The van der Waals surface area contributed by atoms with Gasteiger partial charge in [0.25, 0.3) is 5.91 Å². The normalized spacial score (nSPS) is 22.8. The summed E-state index contributed by atoms with van der Waals surface area (Å²) in [5.41, 5.74) is -1.30. The number of nitrogens with one attached hydrogen (secondary N) is 3. The molecule has 3 amide bonds. The van der Waals surface area contributed by atoms with Gasteiger partial charge in [-0.1, -0.05) is 0 Å². The van der Waals surface area contributed by atoms with Crippen molar-refractivity contribution in [3.8, 4) is 0 Å². The van der Waals surface area contributed by atoms with E-state index in [-0.39, 0.29) is 6.54 Å². The highest BCUT2D eigenvalue weighted by Gasteiger charge is 2.50. The summed E-state index contributed by atoms with van der Waals surface area (Å²) in [6.07, 6.45) is 3.22. The first-order chi connectivity index (χ1) is 8.45. The van der Waals surface area contributed by atoms with Gasteiger partial charge < -0.3 is 20.1 Å². The molecule has 0 bridgehead atoms. The molecule has 8 nitrogen and oxygen atoms in total. The minimum atomic E-state index is -1.30. The van der Waals surface area contributed by atoms with Crippen LogP contribution >= 0.6 is 0 Å². The highest BCUT2D eigenvalue weighted by molar-refractivity contribution is 6.45. The highest BCUT2D eigenvalue weighted by atomic mass is 16.2. The third-order valence-electron chi connectivity index (χ3n) is 2.81. The van der Waals surface area contributed by atoms with Crippen LogP contribution in [0.5, 0.6) is 0 Å². The maximum atomic E-state index is 12.0. The van der Waals surface area contributed by atoms with E-state index in [9.17, 15) is 14.6 Å². The van der Waals surface area contributed by atoms with E-state index in [0.29, 0.717) is 5.82 Å². The lowest BCUT2D eigenvalue weighted by atomic mass is 9.86. The van der Waals surface area contributed by atoms with Crippen LogP contribution in [0.25, 0.3) is 0 Å². The molecule has 0 aromatic carbocycles. The number of aryl methyl sites for hydroxylation is 1. The Hall–Kier alpha value is -1.87. The zero-order valence-electron chi connectivity index (χ0n) is 10.1. The summed E-state index contributed by atoms with van der Waals surface area (Å²) in [6.45, 7) is 1.58. The maximum Gasteiger partial charge on any atom is 0.373 e. The standard InChI is InChI=1S/C9H14BN5O3/c1-10(18)12-5-9(6-11-3-4-15(6)2)7(16)13-8(17)14-9/h3-4,12,18H,5H2,1-2H3,(H2,13,14,16,17). The first-order valence-corrected chi connectivity index (χ1v) is 5.48. The molecular weight excluding hydrogens is 237 g/mol. The predicted octanol–water partition coefficient (Wildman–Crippen LogP) is -1.85. The van der Waals surface area contributed by atoms with Crippen molar-refractivity contribution in [2.24, 2.45) is 7.05 Å². The molecule has 1 atom stereocenters. The molecule has 1 aliphatic heterocycles. The monoisotopic (exact) mass is 251 g/mol. The Morgan fingerprint density at radius 3 is 2.78 bits per heavy atom. The third-order valence-corrected chi connectivity index (χ3v) is 2.81. The number of imidazole rings is 1. The van der Waals surface area contributed by atoms with Gasteiger partial charge in [-0.2, -0.15) is 0 Å². The van der Waals surface area contributed by atoms with E-state index in [4.69, 9.17) is 0 Å². The van der Waals surface area contributed by atoms with Gasteiger partial charge in [-0.25, -0.2) is 9.78 Å². The van der Waals surface area contributed by atoms with Crippen LogP contribution in [0.1, 0.15) is 5.82 Å². The number of rotatable bonds is 4. The first kappa shape index (κ1) is 12.6. The molecule has 2 heterocycles. The number of carbonyl (C=O) groups is 2. The van der Waals surface area contributed by atoms with Crippen molar-refractivity contribution in [3.63, 3.8) is 0 Å². The SMILES string of the molecule is CB(O)NCC1(c2nccn2C)NC(=O)NC1=O. The van der Waals surface area contributed by atoms with Gasteiger partial charge in [-0.15, -0.1) is 0 Å². The number of aromatic nitrogens is 2. The van der Waals surface area contributed by atoms with E-state index in [1.165, 1.54) is 13.0 Å². The van der Waals surface area contributed by atoms with Gasteiger partial charge in [0, 0.05) is 26.0 Å². The molecule has 0 saturated carbocycles. The second-order valence-corrected chi connectivity index (χ2v) is 4.23. The molecule has 4 N–H and O–H groups in total. The fraction of sp³-hybridized carbons (Fsp3) is 0.444. The van der Waals surface area contributed by atoms with Gasteiger partial charge in [0.05, 0.1) is 0 Å². The zero-order valence-corrected chi connectivity index (χ0v) is 10.1. The van der Waals surface area contributed by atoms with Crippen molar-refractivity contribution in [1.29, 1.82) is 0 Å². The number of hydrogen-bond donors (Lipinski definition) is 4. The van der Waals surface area contributed by atoms with Gasteiger partial charge in [0.2, 0.25) is 0 Å². The molecule has 96 valence electrons. The average molecular weight is 251 g/mol. The van der Waals surface area contributed by atoms with Crippen LogP contribution in [-0.2, 0) is 17.4 Å². The van der Waals surface area contributed by atoms with Crippen molar-refractivity contribution in [2.75, 3.05) is 6.54 Å². The summed E-state index contributed by atoms with van der Waals surface area (Å²) < 4.78 is 1.65. The zero-order chi connectivity index (χ0) is 13.3. The second kappa shape index (κ2) is 4.43. The summed E-state index contributed by atoms with van der Waals surface area (Å²) in [5, 5.41) is 16.7. The Morgan fingerprint density at radius 1 is 1.61 bits per heavy atom. The Bertz CT molecular complexity index is 488. The van der Waals surface area contributed by atoms with Crippen molar-refractivity contribution in [1.82, 2.24) is 25.4 Å². The number of urea groups is 1. The number of nitrogens with zero attached hydrogens (tertiary/aromatic N) is 2. The van der Waals surface area contributed by atoms with E-state index in [0.717, 1.165) is 0 Å². The average Bonchev–Trinajstić information content (AvgIpc) is 2.81. The Kier molecular flexibility index (Phi) is 3.10. The van der Waals surface area contributed by atoms with Crippen molar-refractivity contribution >= 4 is 19.0 Å². The van der Waals surface area contributed by atoms with Crippen LogP contribution in [0.4, 0.5) is 4.79 Å². The van der Waals surface area contributed by atoms with Gasteiger partial charge in [-0.3, -0.25) is 10.1 Å². The second-order valence-electron chi connectivity index (χ2n) is 4.23. The lowest BCUT2D eigenvalue weighted by Gasteiger charge is -2.26. The molecule has 0 aliphatic carbocycles. The van der Waals surface area contributed by atoms with Crippen LogP contribution in [0.15, 0.2) is 12.4 Å². The van der Waals surface area contributed by atoms with Crippen LogP contribution in [0.3, 0.4) is 0 Å². The molecular formula is C9H14BN5O3. The van der Waals surface area contributed by atoms with E-state index in [2.05, 4.69) is 20.8 Å². The highest BCUT2D eigenvalue weighted by Crippen LogP contribution is 2.22. The lowest BCUT2D eigenvalue weighted by molar-refractivity contribution is -0.124. The van der Waals surface area contributed by atoms with Crippen molar-refractivity contribution < 1.29 is 14.6 Å². The minimum Gasteiger partial charge on any atom is -0.437 e. The number of amides is 3. The molecule has 1 unspecified atom stereocenters. The fourth-order valence-electron chi connectivity index (χ4n) is 1.93. The largest absolute Gasteiger partial charge is 0.437 e. The Labute approximate surface area is 104 Å². The van der Waals surface area contributed by atoms with Gasteiger partial charge >= 0.3 is 13.1 Å². The molecule has 9 heteroatoms. The molecule has 1 aliphatic rings. The predicted molar refractivity (Wildman–Crippen MR) is 63.4 cm³/mol. The summed E-state index contributed by atoms with van der Waals surface area (Å²) >= 11 is 0. The molecule has 18 heavy (non-hydrogen) atoms. The third kappa shape index (κ3) is 1.98. The minimum absolute atomic E-state index is 0.0487. The van der Waals surface area contributed by atoms with Crippen molar-refractivity contribution in [2.45, 2.75) is 12.4 Å². The van der Waals surface area contributed by atoms with Crippen LogP contribution < -0.4 is 15.9 Å². The summed E-state index contributed by atoms with van der Waals surface area (Å²) in [6, 6.07) is -0.574. The van der Waals surface area contributed by atoms with Gasteiger partial charge in [0.1, 0.15) is 5.82 Å². The van der Waals surface area contributed by atoms with Crippen LogP contribution in [0, 0.1) is 0 Å². The van der Waals surface area contributed by atoms with Crippen LogP contribution in [0.2, 0.25) is 6.82 Å². The van der Waals surface area contributed by atoms with Crippen LogP contribution in [-0.4, -0.2) is 40.1 Å². The molecule has 0 radical (unpaired) electrons. The van der Waals surface area contributed by atoms with E-state index >= 15 is 0 Å². The molecule has 0 spiro atoms. The Morgan fingerprint density at radius 2 is 2.33 bits per heavy atom. The number of hydrogen-bond acceptors (Lipinski definition) is 5. The first-order valence-electron chi connectivity index (χ1n) is 5.48. The van der Waals surface area contributed by atoms with Crippen molar-refractivity contribution in [3.05, 3.63) is 18.2 Å². The molecule has 1 aromatic rings. The number of carbonyl (C=O) groups excluding carboxylic acids is 2. The summed E-state index contributed by atoms with van der Waals surface area (Å²) in [4.78, 5) is 27.4. The molecule has 2 rings (SSSR count). The molecule has 1 saturated heterocycles. The van der Waals surface area contributed by atoms with E-state index in [1.807, 2.05) is 0 Å². The van der Waals surface area contributed by atoms with Gasteiger partial charge in [0.15, 0.2) is 5.54 Å². The Balaban J connectivity index is 2.38.